The Morgan fingerprint density at radius 1 is 1.56 bits per heavy atom. The Bertz CT molecular complexity index is 454. The molecule has 1 aromatic carbocycles. The molecular formula is C12H11FO3. The number of carbonyl (C=O) groups excluding carboxylic acids is 2. The van der Waals surface area contributed by atoms with E-state index in [4.69, 9.17) is 0 Å². The van der Waals surface area contributed by atoms with Gasteiger partial charge in [-0.3, -0.25) is 9.59 Å². The number of esters is 1. The summed E-state index contributed by atoms with van der Waals surface area (Å²) in [6.45, 7) is 0. The molecule has 4 heteroatoms. The summed E-state index contributed by atoms with van der Waals surface area (Å²) in [6, 6.07) is 4.09. The Hall–Kier alpha value is -1.71. The molecule has 0 amide bonds. The standard InChI is InChI=1S/C12H11FO3/c1-16-11(14)6-8-4-7-5-9(13)2-3-10(7)12(8)15/h2-3,5,8H,4,6H2,1H3/t8-/m1/s1. The van der Waals surface area contributed by atoms with Crippen molar-refractivity contribution in [3.05, 3.63) is 35.1 Å². The molecule has 0 aromatic heterocycles. The summed E-state index contributed by atoms with van der Waals surface area (Å²) in [4.78, 5) is 22.9. The Labute approximate surface area is 92.2 Å². The number of carbonyl (C=O) groups is 2. The summed E-state index contributed by atoms with van der Waals surface area (Å²) < 4.78 is 17.5. The van der Waals surface area contributed by atoms with Gasteiger partial charge in [0.25, 0.3) is 0 Å². The third-order valence-electron chi connectivity index (χ3n) is 2.81. The number of hydrogen-bond donors (Lipinski definition) is 0. The van der Waals surface area contributed by atoms with E-state index in [0.29, 0.717) is 17.5 Å². The van der Waals surface area contributed by atoms with Gasteiger partial charge in [0.1, 0.15) is 5.82 Å². The van der Waals surface area contributed by atoms with Crippen LogP contribution in [-0.2, 0) is 16.0 Å². The highest BCUT2D eigenvalue weighted by molar-refractivity contribution is 6.03. The van der Waals surface area contributed by atoms with Crippen LogP contribution in [0.3, 0.4) is 0 Å². The van der Waals surface area contributed by atoms with Crippen molar-refractivity contribution in [2.24, 2.45) is 5.92 Å². The Morgan fingerprint density at radius 2 is 2.31 bits per heavy atom. The van der Waals surface area contributed by atoms with Gasteiger partial charge in [0.05, 0.1) is 13.5 Å². The van der Waals surface area contributed by atoms with Crippen LogP contribution in [0.25, 0.3) is 0 Å². The first kappa shape index (κ1) is 10.8. The van der Waals surface area contributed by atoms with Gasteiger partial charge >= 0.3 is 5.97 Å². The van der Waals surface area contributed by atoms with Gasteiger partial charge in [0.15, 0.2) is 5.78 Å². The van der Waals surface area contributed by atoms with Crippen LogP contribution in [0.5, 0.6) is 0 Å². The maximum atomic E-state index is 12.9. The molecule has 1 aromatic rings. The van der Waals surface area contributed by atoms with Gasteiger partial charge in [-0.25, -0.2) is 4.39 Å². The normalized spacial score (nSPS) is 18.4. The lowest BCUT2D eigenvalue weighted by atomic mass is 10.0. The zero-order valence-electron chi connectivity index (χ0n) is 8.83. The van der Waals surface area contributed by atoms with E-state index in [1.54, 1.807) is 0 Å². The second kappa shape index (κ2) is 4.04. The first-order valence-corrected chi connectivity index (χ1v) is 5.01. The fourth-order valence-corrected chi connectivity index (χ4v) is 2.00. The lowest BCUT2D eigenvalue weighted by molar-refractivity contribution is -0.141. The summed E-state index contributed by atoms with van der Waals surface area (Å²) in [7, 11) is 1.29. The van der Waals surface area contributed by atoms with Crippen LogP contribution in [0.15, 0.2) is 18.2 Å². The van der Waals surface area contributed by atoms with E-state index >= 15 is 0 Å². The van der Waals surface area contributed by atoms with Crippen molar-refractivity contribution in [2.75, 3.05) is 7.11 Å². The van der Waals surface area contributed by atoms with Gasteiger partial charge in [-0.2, -0.15) is 0 Å². The van der Waals surface area contributed by atoms with E-state index in [0.717, 1.165) is 0 Å². The monoisotopic (exact) mass is 222 g/mol. The van der Waals surface area contributed by atoms with Crippen molar-refractivity contribution < 1.29 is 18.7 Å². The first-order chi connectivity index (χ1) is 7.61. The summed E-state index contributed by atoms with van der Waals surface area (Å²) in [5.74, 6) is -1.26. The van der Waals surface area contributed by atoms with E-state index in [9.17, 15) is 14.0 Å². The summed E-state index contributed by atoms with van der Waals surface area (Å²) in [5, 5.41) is 0. The number of halogens is 1. The highest BCUT2D eigenvalue weighted by Gasteiger charge is 2.32. The van der Waals surface area contributed by atoms with E-state index in [2.05, 4.69) is 4.74 Å². The molecule has 0 fully saturated rings. The Balaban J connectivity index is 2.20. The molecule has 0 unspecified atom stereocenters. The molecule has 0 N–H and O–H groups in total. The molecule has 1 aliphatic rings. The summed E-state index contributed by atoms with van der Waals surface area (Å²) in [5.41, 5.74) is 1.20. The third-order valence-corrected chi connectivity index (χ3v) is 2.81. The largest absolute Gasteiger partial charge is 0.469 e. The molecule has 0 aliphatic heterocycles. The second-order valence-corrected chi connectivity index (χ2v) is 3.85. The maximum Gasteiger partial charge on any atom is 0.306 e. The molecule has 2 rings (SSSR count). The van der Waals surface area contributed by atoms with E-state index in [-0.39, 0.29) is 18.0 Å². The number of fused-ring (bicyclic) bond motifs is 1. The van der Waals surface area contributed by atoms with Gasteiger partial charge in [0, 0.05) is 11.5 Å². The second-order valence-electron chi connectivity index (χ2n) is 3.85. The van der Waals surface area contributed by atoms with Crippen molar-refractivity contribution in [1.29, 1.82) is 0 Å². The topological polar surface area (TPSA) is 43.4 Å². The molecule has 1 aliphatic carbocycles. The first-order valence-electron chi connectivity index (χ1n) is 5.01. The highest BCUT2D eigenvalue weighted by atomic mass is 19.1. The number of ether oxygens (including phenoxy) is 1. The van der Waals surface area contributed by atoms with E-state index in [1.165, 1.54) is 25.3 Å². The van der Waals surface area contributed by atoms with Crippen LogP contribution < -0.4 is 0 Å². The van der Waals surface area contributed by atoms with Crippen LogP contribution in [0.2, 0.25) is 0 Å². The van der Waals surface area contributed by atoms with Gasteiger partial charge in [-0.05, 0) is 30.2 Å². The quantitative estimate of drug-likeness (QED) is 0.716. The van der Waals surface area contributed by atoms with Gasteiger partial charge in [-0.15, -0.1) is 0 Å². The van der Waals surface area contributed by atoms with E-state index in [1.807, 2.05) is 0 Å². The molecule has 3 nitrogen and oxygen atoms in total. The number of hydrogen-bond acceptors (Lipinski definition) is 3. The molecule has 0 bridgehead atoms. The highest BCUT2D eigenvalue weighted by Crippen LogP contribution is 2.29. The molecule has 0 heterocycles. The Morgan fingerprint density at radius 3 is 3.00 bits per heavy atom. The van der Waals surface area contributed by atoms with Crippen molar-refractivity contribution in [3.8, 4) is 0 Å². The van der Waals surface area contributed by atoms with Gasteiger partial charge in [0.2, 0.25) is 0 Å². The number of rotatable bonds is 2. The fraction of sp³-hybridized carbons (Fsp3) is 0.333. The smallest absolute Gasteiger partial charge is 0.306 e. The summed E-state index contributed by atoms with van der Waals surface area (Å²) in [6.07, 6.45) is 0.479. The van der Waals surface area contributed by atoms with Crippen LogP contribution in [0.4, 0.5) is 4.39 Å². The average molecular weight is 222 g/mol. The Kier molecular flexibility index (Phi) is 2.73. The van der Waals surface area contributed by atoms with Crippen molar-refractivity contribution in [3.63, 3.8) is 0 Å². The predicted octanol–water partition coefficient (Wildman–Crippen LogP) is 1.74. The molecule has 16 heavy (non-hydrogen) atoms. The molecule has 0 saturated heterocycles. The summed E-state index contributed by atoms with van der Waals surface area (Å²) >= 11 is 0. The number of Topliss-reactive ketones (excluding diaryl/α,β-unsaturated/α-hetero) is 1. The zero-order chi connectivity index (χ0) is 11.7. The minimum absolute atomic E-state index is 0.0611. The molecule has 0 spiro atoms. The predicted molar refractivity (Wildman–Crippen MR) is 54.6 cm³/mol. The number of ketones is 1. The van der Waals surface area contributed by atoms with Gasteiger partial charge < -0.3 is 4.74 Å². The molecule has 1 atom stereocenters. The van der Waals surface area contributed by atoms with Crippen LogP contribution in [-0.4, -0.2) is 18.9 Å². The minimum atomic E-state index is -0.411. The average Bonchev–Trinajstić information content (AvgIpc) is 2.55. The maximum absolute atomic E-state index is 12.9. The molecule has 0 saturated carbocycles. The van der Waals surface area contributed by atoms with E-state index < -0.39 is 11.9 Å². The molecule has 84 valence electrons. The molecular weight excluding hydrogens is 211 g/mol. The fourth-order valence-electron chi connectivity index (χ4n) is 2.00. The lowest BCUT2D eigenvalue weighted by Gasteiger charge is -2.04. The number of benzene rings is 1. The van der Waals surface area contributed by atoms with Crippen LogP contribution in [0, 0.1) is 11.7 Å². The third kappa shape index (κ3) is 1.83. The lowest BCUT2D eigenvalue weighted by Crippen LogP contribution is -2.15. The van der Waals surface area contributed by atoms with Crippen molar-refractivity contribution in [1.82, 2.24) is 0 Å². The number of methoxy groups -OCH3 is 1. The van der Waals surface area contributed by atoms with Crippen LogP contribution >= 0.6 is 0 Å². The van der Waals surface area contributed by atoms with Gasteiger partial charge in [-0.1, -0.05) is 0 Å². The van der Waals surface area contributed by atoms with Crippen molar-refractivity contribution >= 4 is 11.8 Å². The molecule has 0 radical (unpaired) electrons. The SMILES string of the molecule is COC(=O)C[C@H]1Cc2cc(F)ccc2C1=O. The minimum Gasteiger partial charge on any atom is -0.469 e. The zero-order valence-corrected chi connectivity index (χ0v) is 8.83. The van der Waals surface area contributed by atoms with Crippen molar-refractivity contribution in [2.45, 2.75) is 12.8 Å². The van der Waals surface area contributed by atoms with Crippen LogP contribution in [0.1, 0.15) is 22.3 Å².